The van der Waals surface area contributed by atoms with Gasteiger partial charge in [0.15, 0.2) is 11.5 Å². The summed E-state index contributed by atoms with van der Waals surface area (Å²) in [5.74, 6) is 1.21. The second-order valence-corrected chi connectivity index (χ2v) is 8.10. The van der Waals surface area contributed by atoms with E-state index in [1.165, 1.54) is 30.5 Å². The van der Waals surface area contributed by atoms with Gasteiger partial charge in [-0.2, -0.15) is 0 Å². The number of ether oxygens (including phenoxy) is 1. The van der Waals surface area contributed by atoms with E-state index in [0.29, 0.717) is 16.8 Å². The lowest BCUT2D eigenvalue weighted by Crippen LogP contribution is -2.39. The molecule has 0 saturated carbocycles. The van der Waals surface area contributed by atoms with Crippen LogP contribution in [0, 0.1) is 5.92 Å². The Bertz CT molecular complexity index is 1010. The van der Waals surface area contributed by atoms with Gasteiger partial charge in [-0.15, -0.1) is 0 Å². The molecule has 0 unspecified atom stereocenters. The SMILES string of the molecule is COCc1nc(SCC(=O)N2CCC(C)CC2)c2c(=O)n(C)c(=O)n(C)c2n1. The summed E-state index contributed by atoms with van der Waals surface area (Å²) in [5.41, 5.74) is -0.685. The highest BCUT2D eigenvalue weighted by molar-refractivity contribution is 8.00. The zero-order valence-corrected chi connectivity index (χ0v) is 17.4. The van der Waals surface area contributed by atoms with E-state index in [4.69, 9.17) is 4.74 Å². The van der Waals surface area contributed by atoms with Crippen LogP contribution in [0.5, 0.6) is 0 Å². The lowest BCUT2D eigenvalue weighted by atomic mass is 9.99. The molecule has 1 amide bonds. The zero-order valence-electron chi connectivity index (χ0n) is 16.6. The largest absolute Gasteiger partial charge is 0.377 e. The van der Waals surface area contributed by atoms with Crippen molar-refractivity contribution in [3.05, 3.63) is 26.7 Å². The summed E-state index contributed by atoms with van der Waals surface area (Å²) in [7, 11) is 4.49. The number of nitrogens with zero attached hydrogens (tertiary/aromatic N) is 5. The predicted molar refractivity (Wildman–Crippen MR) is 106 cm³/mol. The molecular weight excluding hydrogens is 382 g/mol. The van der Waals surface area contributed by atoms with E-state index in [-0.39, 0.29) is 29.3 Å². The first-order chi connectivity index (χ1) is 13.3. The monoisotopic (exact) mass is 407 g/mol. The number of methoxy groups -OCH3 is 1. The summed E-state index contributed by atoms with van der Waals surface area (Å²) in [4.78, 5) is 48.1. The van der Waals surface area contributed by atoms with Crippen LogP contribution in [0.4, 0.5) is 0 Å². The van der Waals surface area contributed by atoms with Crippen molar-refractivity contribution < 1.29 is 9.53 Å². The molecule has 1 saturated heterocycles. The molecule has 152 valence electrons. The first-order valence-electron chi connectivity index (χ1n) is 9.19. The molecular formula is C18H25N5O4S. The van der Waals surface area contributed by atoms with Crippen molar-refractivity contribution in [3.8, 4) is 0 Å². The molecule has 3 heterocycles. The van der Waals surface area contributed by atoms with Gasteiger partial charge < -0.3 is 9.64 Å². The molecule has 1 fully saturated rings. The highest BCUT2D eigenvalue weighted by Crippen LogP contribution is 2.24. The molecule has 0 atom stereocenters. The lowest BCUT2D eigenvalue weighted by molar-refractivity contribution is -0.129. The number of thioether (sulfide) groups is 1. The Labute approximate surface area is 166 Å². The summed E-state index contributed by atoms with van der Waals surface area (Å²) in [6.07, 6.45) is 2.01. The Kier molecular flexibility index (Phi) is 6.19. The van der Waals surface area contributed by atoms with Crippen molar-refractivity contribution in [2.45, 2.75) is 31.4 Å². The average molecular weight is 407 g/mol. The van der Waals surface area contributed by atoms with Gasteiger partial charge in [0.25, 0.3) is 5.56 Å². The number of carbonyl (C=O) groups is 1. The summed E-state index contributed by atoms with van der Waals surface area (Å²) >= 11 is 1.20. The highest BCUT2D eigenvalue weighted by Gasteiger charge is 2.22. The molecule has 28 heavy (non-hydrogen) atoms. The Hall–Kier alpha value is -2.20. The zero-order chi connectivity index (χ0) is 20.4. The van der Waals surface area contributed by atoms with Crippen molar-refractivity contribution in [1.29, 1.82) is 0 Å². The molecule has 0 radical (unpaired) electrons. The molecule has 0 aromatic carbocycles. The van der Waals surface area contributed by atoms with Crippen LogP contribution in [-0.2, 0) is 30.2 Å². The summed E-state index contributed by atoms with van der Waals surface area (Å²) in [6.45, 7) is 3.86. The van der Waals surface area contributed by atoms with Crippen molar-refractivity contribution in [2.75, 3.05) is 26.0 Å². The molecule has 3 rings (SSSR count). The Morgan fingerprint density at radius 2 is 1.86 bits per heavy atom. The topological polar surface area (TPSA) is 99.3 Å². The van der Waals surface area contributed by atoms with Gasteiger partial charge in [0.2, 0.25) is 5.91 Å². The Balaban J connectivity index is 1.96. The standard InChI is InChI=1S/C18H25N5O4S/c1-11-5-7-23(8-6-11)13(24)10-28-16-14-15(19-12(20-16)9-27-4)21(2)18(26)22(3)17(14)25/h11H,5-10H2,1-4H3. The minimum absolute atomic E-state index is 0.0265. The molecule has 1 aliphatic heterocycles. The van der Waals surface area contributed by atoms with Crippen LogP contribution >= 0.6 is 11.8 Å². The van der Waals surface area contributed by atoms with Crippen LogP contribution in [0.3, 0.4) is 0 Å². The summed E-state index contributed by atoms with van der Waals surface area (Å²) in [5, 5.41) is 0.640. The number of aromatic nitrogens is 4. The number of carbonyl (C=O) groups excluding carboxylic acids is 1. The van der Waals surface area contributed by atoms with Crippen LogP contribution in [-0.4, -0.2) is 55.9 Å². The normalized spacial score (nSPS) is 15.4. The van der Waals surface area contributed by atoms with Crippen LogP contribution in [0.1, 0.15) is 25.6 Å². The number of amides is 1. The quantitative estimate of drug-likeness (QED) is 0.526. The van der Waals surface area contributed by atoms with Gasteiger partial charge in [-0.3, -0.25) is 18.7 Å². The first-order valence-corrected chi connectivity index (χ1v) is 10.2. The second-order valence-electron chi connectivity index (χ2n) is 7.13. The van der Waals surface area contributed by atoms with Crippen molar-refractivity contribution >= 4 is 28.7 Å². The van der Waals surface area contributed by atoms with Gasteiger partial charge in [-0.05, 0) is 18.8 Å². The van der Waals surface area contributed by atoms with Gasteiger partial charge in [0.1, 0.15) is 17.0 Å². The fourth-order valence-corrected chi connectivity index (χ4v) is 4.18. The molecule has 0 bridgehead atoms. The molecule has 2 aromatic heterocycles. The van der Waals surface area contributed by atoms with Gasteiger partial charge in [-0.25, -0.2) is 14.8 Å². The van der Waals surface area contributed by atoms with E-state index in [1.807, 2.05) is 4.90 Å². The minimum atomic E-state index is -0.469. The number of hydrogen-bond donors (Lipinski definition) is 0. The first kappa shape index (κ1) is 20.5. The fraction of sp³-hybridized carbons (Fsp3) is 0.611. The lowest BCUT2D eigenvalue weighted by Gasteiger charge is -2.30. The maximum Gasteiger partial charge on any atom is 0.332 e. The van der Waals surface area contributed by atoms with Gasteiger partial charge in [-0.1, -0.05) is 18.7 Å². The van der Waals surface area contributed by atoms with Gasteiger partial charge in [0, 0.05) is 34.3 Å². The second kappa shape index (κ2) is 8.44. The third-order valence-electron chi connectivity index (χ3n) is 5.06. The van der Waals surface area contributed by atoms with Crippen molar-refractivity contribution in [1.82, 2.24) is 24.0 Å². The van der Waals surface area contributed by atoms with E-state index < -0.39 is 11.2 Å². The number of likely N-dealkylation sites (tertiary alicyclic amines) is 1. The minimum Gasteiger partial charge on any atom is -0.377 e. The van der Waals surface area contributed by atoms with Gasteiger partial charge >= 0.3 is 5.69 Å². The molecule has 10 heteroatoms. The predicted octanol–water partition coefficient (Wildman–Crippen LogP) is 0.524. The van der Waals surface area contributed by atoms with Gasteiger partial charge in [0.05, 0.1) is 5.75 Å². The van der Waals surface area contributed by atoms with Crippen LogP contribution in [0.15, 0.2) is 14.6 Å². The Morgan fingerprint density at radius 3 is 2.50 bits per heavy atom. The molecule has 0 aliphatic carbocycles. The number of rotatable bonds is 5. The number of hydrogen-bond acceptors (Lipinski definition) is 7. The molecule has 2 aromatic rings. The summed E-state index contributed by atoms with van der Waals surface area (Å²) < 4.78 is 7.45. The molecule has 0 N–H and O–H groups in total. The highest BCUT2D eigenvalue weighted by atomic mass is 32.2. The van der Waals surface area contributed by atoms with Crippen molar-refractivity contribution in [3.63, 3.8) is 0 Å². The van der Waals surface area contributed by atoms with Crippen LogP contribution in [0.25, 0.3) is 11.0 Å². The maximum absolute atomic E-state index is 12.7. The molecule has 0 spiro atoms. The number of piperidine rings is 1. The molecule has 9 nitrogen and oxygen atoms in total. The number of aryl methyl sites for hydroxylation is 1. The molecule has 1 aliphatic rings. The maximum atomic E-state index is 12.7. The third-order valence-corrected chi connectivity index (χ3v) is 6.02. The number of fused-ring (bicyclic) bond motifs is 1. The van der Waals surface area contributed by atoms with E-state index in [2.05, 4.69) is 16.9 Å². The summed E-state index contributed by atoms with van der Waals surface area (Å²) in [6, 6.07) is 0. The van der Waals surface area contributed by atoms with E-state index in [1.54, 1.807) is 7.05 Å². The van der Waals surface area contributed by atoms with Crippen molar-refractivity contribution in [2.24, 2.45) is 20.0 Å². The third kappa shape index (κ3) is 3.97. The Morgan fingerprint density at radius 1 is 1.18 bits per heavy atom. The van der Waals surface area contributed by atoms with Crippen LogP contribution in [0.2, 0.25) is 0 Å². The van der Waals surface area contributed by atoms with E-state index in [9.17, 15) is 14.4 Å². The van der Waals surface area contributed by atoms with E-state index in [0.717, 1.165) is 30.5 Å². The average Bonchev–Trinajstić information content (AvgIpc) is 2.69. The van der Waals surface area contributed by atoms with Crippen LogP contribution < -0.4 is 11.2 Å². The smallest absolute Gasteiger partial charge is 0.332 e. The van der Waals surface area contributed by atoms with E-state index >= 15 is 0 Å². The fourth-order valence-electron chi connectivity index (χ4n) is 3.25.